The Hall–Kier alpha value is -2.46. The second kappa shape index (κ2) is 4.27. The first kappa shape index (κ1) is 13.2. The van der Waals surface area contributed by atoms with Crippen LogP contribution >= 0.6 is 0 Å². The molecule has 0 saturated carbocycles. The molecule has 0 bridgehead atoms. The molecular formula is C18H13FO3. The molecule has 3 nitrogen and oxygen atoms in total. The highest BCUT2D eigenvalue weighted by atomic mass is 19.1. The lowest BCUT2D eigenvalue weighted by atomic mass is 10.0. The lowest BCUT2D eigenvalue weighted by molar-refractivity contribution is 0.223. The van der Waals surface area contributed by atoms with Crippen molar-refractivity contribution in [1.29, 1.82) is 0 Å². The molecule has 110 valence electrons. The summed E-state index contributed by atoms with van der Waals surface area (Å²) in [5, 5.41) is 10.8. The van der Waals surface area contributed by atoms with Crippen molar-refractivity contribution in [2.45, 2.75) is 20.0 Å². The highest BCUT2D eigenvalue weighted by Gasteiger charge is 2.35. The molecule has 0 aliphatic heterocycles. The van der Waals surface area contributed by atoms with Crippen molar-refractivity contribution in [3.05, 3.63) is 68.6 Å². The second-order valence-corrected chi connectivity index (χ2v) is 5.74. The Bertz CT molecular complexity index is 1000. The number of benzene rings is 2. The normalized spacial score (nSPS) is 15.9. The minimum Gasteiger partial charge on any atom is -0.455 e. The van der Waals surface area contributed by atoms with E-state index in [0.29, 0.717) is 16.5 Å². The summed E-state index contributed by atoms with van der Waals surface area (Å²) in [6.07, 6.45) is -1.15. The Kier molecular flexibility index (Phi) is 2.57. The van der Waals surface area contributed by atoms with Crippen molar-refractivity contribution < 1.29 is 13.9 Å². The molecule has 4 heteroatoms. The first-order valence-electron chi connectivity index (χ1n) is 7.04. The van der Waals surface area contributed by atoms with E-state index in [-0.39, 0.29) is 22.3 Å². The van der Waals surface area contributed by atoms with Gasteiger partial charge in [0, 0.05) is 0 Å². The molecule has 4 rings (SSSR count). The number of aliphatic hydroxyl groups is 1. The number of fused-ring (bicyclic) bond motifs is 4. The van der Waals surface area contributed by atoms with Crippen LogP contribution in [0.5, 0.6) is 0 Å². The molecule has 1 aliphatic carbocycles. The predicted octanol–water partition coefficient (Wildman–Crippen LogP) is 3.61. The Morgan fingerprint density at radius 3 is 2.77 bits per heavy atom. The number of aryl methyl sites for hydroxylation is 2. The smallest absolute Gasteiger partial charge is 0.199 e. The molecule has 2 aromatic carbocycles. The summed E-state index contributed by atoms with van der Waals surface area (Å²) in [7, 11) is 0. The molecule has 0 fully saturated rings. The van der Waals surface area contributed by atoms with E-state index in [0.717, 1.165) is 11.1 Å². The summed E-state index contributed by atoms with van der Waals surface area (Å²) in [5.74, 6) is -0.354. The van der Waals surface area contributed by atoms with Crippen molar-refractivity contribution in [2.24, 2.45) is 0 Å². The molecule has 1 aliphatic rings. The van der Waals surface area contributed by atoms with E-state index in [2.05, 4.69) is 0 Å². The molecule has 3 aromatic rings. The molecule has 1 atom stereocenters. The topological polar surface area (TPSA) is 50.4 Å². The van der Waals surface area contributed by atoms with Gasteiger partial charge in [-0.1, -0.05) is 18.2 Å². The molecule has 1 heterocycles. The van der Waals surface area contributed by atoms with Crippen LogP contribution in [0.15, 0.2) is 39.5 Å². The number of rotatable bonds is 0. The van der Waals surface area contributed by atoms with Crippen molar-refractivity contribution in [1.82, 2.24) is 0 Å². The fourth-order valence-corrected chi connectivity index (χ4v) is 3.26. The summed E-state index contributed by atoms with van der Waals surface area (Å²) >= 11 is 0. The van der Waals surface area contributed by atoms with Crippen molar-refractivity contribution in [2.75, 3.05) is 0 Å². The summed E-state index contributed by atoms with van der Waals surface area (Å²) in [6, 6.07) is 8.07. The van der Waals surface area contributed by atoms with Gasteiger partial charge in [0.05, 0.1) is 16.5 Å². The number of halogens is 1. The molecule has 22 heavy (non-hydrogen) atoms. The molecule has 0 amide bonds. The predicted molar refractivity (Wildman–Crippen MR) is 81.4 cm³/mol. The van der Waals surface area contributed by atoms with Gasteiger partial charge in [-0.25, -0.2) is 4.39 Å². The van der Waals surface area contributed by atoms with Crippen molar-refractivity contribution in [3.8, 4) is 11.3 Å². The van der Waals surface area contributed by atoms with E-state index in [1.807, 2.05) is 19.9 Å². The van der Waals surface area contributed by atoms with E-state index in [9.17, 15) is 14.3 Å². The highest BCUT2D eigenvalue weighted by molar-refractivity contribution is 5.86. The highest BCUT2D eigenvalue weighted by Crippen LogP contribution is 2.44. The quantitative estimate of drug-likeness (QED) is 0.689. The third kappa shape index (κ3) is 1.56. The average Bonchev–Trinajstić information content (AvgIpc) is 2.75. The maximum Gasteiger partial charge on any atom is 0.199 e. The Balaban J connectivity index is 2.21. The van der Waals surface area contributed by atoms with Crippen LogP contribution in [0.1, 0.15) is 28.4 Å². The zero-order valence-corrected chi connectivity index (χ0v) is 12.1. The van der Waals surface area contributed by atoms with Crippen molar-refractivity contribution in [3.63, 3.8) is 0 Å². The SMILES string of the molecule is Cc1cc(C)c2oc3c(c(=O)c2c1)C(O)c1cccc(F)c1-3. The second-order valence-electron chi connectivity index (χ2n) is 5.74. The van der Waals surface area contributed by atoms with Crippen LogP contribution in [0, 0.1) is 19.7 Å². The molecule has 0 saturated heterocycles. The third-order valence-electron chi connectivity index (χ3n) is 4.20. The number of hydrogen-bond acceptors (Lipinski definition) is 3. The van der Waals surface area contributed by atoms with Gasteiger partial charge in [-0.15, -0.1) is 0 Å². The summed E-state index contributed by atoms with van der Waals surface area (Å²) in [4.78, 5) is 12.8. The molecule has 0 spiro atoms. The summed E-state index contributed by atoms with van der Waals surface area (Å²) < 4.78 is 20.0. The maximum atomic E-state index is 14.2. The van der Waals surface area contributed by atoms with E-state index < -0.39 is 11.9 Å². The molecular weight excluding hydrogens is 283 g/mol. The molecule has 1 aromatic heterocycles. The summed E-state index contributed by atoms with van der Waals surface area (Å²) in [6.45, 7) is 3.74. The minimum atomic E-state index is -1.15. The fourth-order valence-electron chi connectivity index (χ4n) is 3.26. The van der Waals surface area contributed by atoms with Gasteiger partial charge < -0.3 is 9.52 Å². The standard InChI is InChI=1S/C18H13FO3/c1-8-6-9(2)17-11(7-8)16(21)14-15(20)10-4-3-5-12(19)13(10)18(14)22-17/h3-7,15,20H,1-2H3. The van der Waals surface area contributed by atoms with E-state index >= 15 is 0 Å². The van der Waals surface area contributed by atoms with Crippen LogP contribution in [0.3, 0.4) is 0 Å². The van der Waals surface area contributed by atoms with Crippen LogP contribution in [0.25, 0.3) is 22.3 Å². The summed E-state index contributed by atoms with van der Waals surface area (Å²) in [5.41, 5.74) is 2.58. The number of aliphatic hydroxyl groups excluding tert-OH is 1. The lowest BCUT2D eigenvalue weighted by Crippen LogP contribution is -2.12. The van der Waals surface area contributed by atoms with Gasteiger partial charge in [-0.3, -0.25) is 4.79 Å². The van der Waals surface area contributed by atoms with Gasteiger partial charge in [0.25, 0.3) is 0 Å². The van der Waals surface area contributed by atoms with Gasteiger partial charge in [-0.2, -0.15) is 0 Å². The van der Waals surface area contributed by atoms with E-state index in [1.165, 1.54) is 12.1 Å². The van der Waals surface area contributed by atoms with Gasteiger partial charge in [-0.05, 0) is 42.7 Å². The van der Waals surface area contributed by atoms with Crippen LogP contribution in [-0.2, 0) is 0 Å². The first-order valence-corrected chi connectivity index (χ1v) is 7.04. The zero-order chi connectivity index (χ0) is 15.6. The van der Waals surface area contributed by atoms with E-state index in [4.69, 9.17) is 4.42 Å². The lowest BCUT2D eigenvalue weighted by Gasteiger charge is -2.08. The van der Waals surface area contributed by atoms with Gasteiger partial charge in [0.15, 0.2) is 5.43 Å². The largest absolute Gasteiger partial charge is 0.455 e. The Morgan fingerprint density at radius 1 is 1.23 bits per heavy atom. The Labute approximate surface area is 125 Å². The van der Waals surface area contributed by atoms with Crippen LogP contribution in [0.4, 0.5) is 4.39 Å². The van der Waals surface area contributed by atoms with Crippen LogP contribution in [-0.4, -0.2) is 5.11 Å². The van der Waals surface area contributed by atoms with E-state index in [1.54, 1.807) is 12.1 Å². The van der Waals surface area contributed by atoms with Gasteiger partial charge in [0.1, 0.15) is 23.3 Å². The zero-order valence-electron chi connectivity index (χ0n) is 12.1. The monoisotopic (exact) mass is 296 g/mol. The molecule has 0 radical (unpaired) electrons. The third-order valence-corrected chi connectivity index (χ3v) is 4.20. The van der Waals surface area contributed by atoms with Crippen molar-refractivity contribution >= 4 is 11.0 Å². The van der Waals surface area contributed by atoms with Crippen LogP contribution < -0.4 is 5.43 Å². The molecule has 1 N–H and O–H groups in total. The van der Waals surface area contributed by atoms with Gasteiger partial charge >= 0.3 is 0 Å². The average molecular weight is 296 g/mol. The Morgan fingerprint density at radius 2 is 2.00 bits per heavy atom. The molecule has 1 unspecified atom stereocenters. The first-order chi connectivity index (χ1) is 10.5. The van der Waals surface area contributed by atoms with Crippen LogP contribution in [0.2, 0.25) is 0 Å². The fraction of sp³-hybridized carbons (Fsp3) is 0.167. The number of hydrogen-bond donors (Lipinski definition) is 1. The maximum absolute atomic E-state index is 14.2. The van der Waals surface area contributed by atoms with Gasteiger partial charge in [0.2, 0.25) is 0 Å². The minimum absolute atomic E-state index is 0.123.